The minimum atomic E-state index is -4.19. The number of carbonyl (C=O) groups excluding carboxylic acids is 1. The summed E-state index contributed by atoms with van der Waals surface area (Å²) in [6.45, 7) is 3.82. The lowest BCUT2D eigenvalue weighted by molar-refractivity contribution is -0.139. The molecule has 3 rings (SSSR count). The first-order valence-corrected chi connectivity index (χ1v) is 10.6. The van der Waals surface area contributed by atoms with Gasteiger partial charge in [-0.3, -0.25) is 4.79 Å². The van der Waals surface area contributed by atoms with E-state index in [1.54, 1.807) is 19.1 Å². The van der Waals surface area contributed by atoms with Crippen LogP contribution in [0.2, 0.25) is 0 Å². The van der Waals surface area contributed by atoms with Gasteiger partial charge in [0, 0.05) is 26.2 Å². The van der Waals surface area contributed by atoms with E-state index in [9.17, 15) is 22.0 Å². The molecular weight excluding hydrogens is 402 g/mol. The summed E-state index contributed by atoms with van der Waals surface area (Å²) in [5, 5.41) is 0. The van der Waals surface area contributed by atoms with Crippen LogP contribution in [0.5, 0.6) is 5.75 Å². The largest absolute Gasteiger partial charge is 0.481 e. The molecule has 1 atom stereocenters. The standard InChI is InChI=1S/C20H22F2N2O4S/c1-14-3-6-17(7-4-14)28-15(2)20(25)23-9-11-24(12-10-23)29(26,27)19-13-16(21)5-8-18(19)22/h3-8,13,15H,9-12H2,1-2H3. The number of rotatable bonds is 5. The molecule has 0 aliphatic carbocycles. The topological polar surface area (TPSA) is 66.9 Å². The normalized spacial score (nSPS) is 16.5. The number of hydrogen-bond acceptors (Lipinski definition) is 4. The number of halogens is 2. The molecule has 1 aliphatic heterocycles. The number of amides is 1. The van der Waals surface area contributed by atoms with Crippen LogP contribution in [-0.4, -0.2) is 55.8 Å². The lowest BCUT2D eigenvalue weighted by Crippen LogP contribution is -2.53. The summed E-state index contributed by atoms with van der Waals surface area (Å²) < 4.78 is 59.3. The van der Waals surface area contributed by atoms with Crippen LogP contribution in [0.25, 0.3) is 0 Å². The molecule has 0 radical (unpaired) electrons. The van der Waals surface area contributed by atoms with Crippen LogP contribution in [-0.2, 0) is 14.8 Å². The maximum absolute atomic E-state index is 13.9. The number of aryl methyl sites for hydroxylation is 1. The van der Waals surface area contributed by atoms with Gasteiger partial charge in [-0.2, -0.15) is 4.31 Å². The van der Waals surface area contributed by atoms with Gasteiger partial charge in [0.05, 0.1) is 0 Å². The zero-order chi connectivity index (χ0) is 21.2. The van der Waals surface area contributed by atoms with E-state index in [0.717, 1.165) is 22.0 Å². The summed E-state index contributed by atoms with van der Waals surface area (Å²) in [5.41, 5.74) is 1.07. The predicted molar refractivity (Wildman–Crippen MR) is 103 cm³/mol. The lowest BCUT2D eigenvalue weighted by atomic mass is 10.2. The van der Waals surface area contributed by atoms with E-state index < -0.39 is 32.7 Å². The molecule has 1 heterocycles. The molecule has 1 aliphatic rings. The minimum Gasteiger partial charge on any atom is -0.481 e. The highest BCUT2D eigenvalue weighted by molar-refractivity contribution is 7.89. The average Bonchev–Trinajstić information content (AvgIpc) is 2.71. The maximum atomic E-state index is 13.9. The molecule has 1 fully saturated rings. The summed E-state index contributed by atoms with van der Waals surface area (Å²) in [4.78, 5) is 13.4. The van der Waals surface area contributed by atoms with Crippen LogP contribution in [0.15, 0.2) is 47.4 Å². The fourth-order valence-corrected chi connectivity index (χ4v) is 4.59. The zero-order valence-electron chi connectivity index (χ0n) is 16.1. The van der Waals surface area contributed by atoms with Crippen LogP contribution in [0.1, 0.15) is 12.5 Å². The highest BCUT2D eigenvalue weighted by Crippen LogP contribution is 2.22. The molecule has 0 spiro atoms. The Morgan fingerprint density at radius 2 is 1.66 bits per heavy atom. The quantitative estimate of drug-likeness (QED) is 0.740. The molecule has 2 aromatic rings. The van der Waals surface area contributed by atoms with Crippen LogP contribution in [0, 0.1) is 18.6 Å². The van der Waals surface area contributed by atoms with Crippen molar-refractivity contribution in [3.63, 3.8) is 0 Å². The van der Waals surface area contributed by atoms with Crippen molar-refractivity contribution in [1.29, 1.82) is 0 Å². The second kappa shape index (κ2) is 8.46. The van der Waals surface area contributed by atoms with Gasteiger partial charge in [-0.1, -0.05) is 17.7 Å². The molecule has 1 saturated heterocycles. The number of nitrogens with zero attached hydrogens (tertiary/aromatic N) is 2. The SMILES string of the molecule is Cc1ccc(OC(C)C(=O)N2CCN(S(=O)(=O)c3cc(F)ccc3F)CC2)cc1. The molecule has 0 aromatic heterocycles. The van der Waals surface area contributed by atoms with Crippen molar-refractivity contribution in [2.45, 2.75) is 24.8 Å². The second-order valence-electron chi connectivity index (χ2n) is 6.88. The van der Waals surface area contributed by atoms with Crippen LogP contribution < -0.4 is 4.74 Å². The van der Waals surface area contributed by atoms with Crippen molar-refractivity contribution in [2.24, 2.45) is 0 Å². The van der Waals surface area contributed by atoms with E-state index >= 15 is 0 Å². The maximum Gasteiger partial charge on any atom is 0.263 e. The number of sulfonamides is 1. The van der Waals surface area contributed by atoms with Crippen LogP contribution >= 0.6 is 0 Å². The smallest absolute Gasteiger partial charge is 0.263 e. The molecule has 6 nitrogen and oxygen atoms in total. The van der Waals surface area contributed by atoms with Crippen molar-refractivity contribution in [3.8, 4) is 5.75 Å². The highest BCUT2D eigenvalue weighted by atomic mass is 32.2. The number of carbonyl (C=O) groups is 1. The first kappa shape index (κ1) is 21.2. The van der Waals surface area contributed by atoms with Gasteiger partial charge in [-0.15, -0.1) is 0 Å². The Morgan fingerprint density at radius 3 is 2.28 bits per heavy atom. The molecule has 156 valence electrons. The van der Waals surface area contributed by atoms with Crippen molar-refractivity contribution in [3.05, 3.63) is 59.7 Å². The van der Waals surface area contributed by atoms with Gasteiger partial charge < -0.3 is 9.64 Å². The van der Waals surface area contributed by atoms with E-state index in [0.29, 0.717) is 11.8 Å². The van der Waals surface area contributed by atoms with Crippen molar-refractivity contribution >= 4 is 15.9 Å². The van der Waals surface area contributed by atoms with Gasteiger partial charge in [0.25, 0.3) is 5.91 Å². The van der Waals surface area contributed by atoms with Gasteiger partial charge >= 0.3 is 0 Å². The molecule has 2 aromatic carbocycles. The van der Waals surface area contributed by atoms with E-state index in [1.807, 2.05) is 19.1 Å². The third-order valence-corrected chi connectivity index (χ3v) is 6.66. The molecule has 0 saturated carbocycles. The monoisotopic (exact) mass is 424 g/mol. The Hall–Kier alpha value is -2.52. The van der Waals surface area contributed by atoms with Crippen molar-refractivity contribution in [1.82, 2.24) is 9.21 Å². The third-order valence-electron chi connectivity index (χ3n) is 4.74. The van der Waals surface area contributed by atoms with Gasteiger partial charge in [-0.05, 0) is 44.2 Å². The molecular formula is C20H22F2N2O4S. The third kappa shape index (κ3) is 4.73. The molecule has 0 N–H and O–H groups in total. The number of piperazine rings is 1. The van der Waals surface area contributed by atoms with Gasteiger partial charge in [0.15, 0.2) is 6.10 Å². The first-order valence-electron chi connectivity index (χ1n) is 9.16. The second-order valence-corrected chi connectivity index (χ2v) is 8.78. The van der Waals surface area contributed by atoms with Gasteiger partial charge in [0.1, 0.15) is 22.3 Å². The Balaban J connectivity index is 1.62. The Bertz CT molecular complexity index is 988. The average molecular weight is 424 g/mol. The highest BCUT2D eigenvalue weighted by Gasteiger charge is 2.33. The fraction of sp³-hybridized carbons (Fsp3) is 0.350. The van der Waals surface area contributed by atoms with Crippen molar-refractivity contribution < 1.29 is 26.7 Å². The number of hydrogen-bond donors (Lipinski definition) is 0. The van der Waals surface area contributed by atoms with E-state index in [4.69, 9.17) is 4.74 Å². The van der Waals surface area contributed by atoms with Gasteiger partial charge in [-0.25, -0.2) is 17.2 Å². The molecule has 9 heteroatoms. The fourth-order valence-electron chi connectivity index (χ4n) is 3.09. The predicted octanol–water partition coefficient (Wildman–Crippen LogP) is 2.57. The minimum absolute atomic E-state index is 0.0126. The summed E-state index contributed by atoms with van der Waals surface area (Å²) in [6.07, 6.45) is -0.735. The molecule has 1 unspecified atom stereocenters. The number of ether oxygens (including phenoxy) is 1. The van der Waals surface area contributed by atoms with E-state index in [-0.39, 0.29) is 32.1 Å². The van der Waals surface area contributed by atoms with E-state index in [1.165, 1.54) is 4.90 Å². The van der Waals surface area contributed by atoms with Gasteiger partial charge in [0.2, 0.25) is 10.0 Å². The van der Waals surface area contributed by atoms with Crippen LogP contribution in [0.4, 0.5) is 8.78 Å². The lowest BCUT2D eigenvalue weighted by Gasteiger charge is -2.35. The molecule has 0 bridgehead atoms. The summed E-state index contributed by atoms with van der Waals surface area (Å²) >= 11 is 0. The van der Waals surface area contributed by atoms with Crippen molar-refractivity contribution in [2.75, 3.05) is 26.2 Å². The Morgan fingerprint density at radius 1 is 1.03 bits per heavy atom. The summed E-state index contributed by atoms with van der Waals surface area (Å²) in [5.74, 6) is -1.54. The zero-order valence-corrected chi connectivity index (χ0v) is 17.0. The summed E-state index contributed by atoms with van der Waals surface area (Å²) in [7, 11) is -4.19. The molecule has 1 amide bonds. The first-order chi connectivity index (χ1) is 13.7. The Kier molecular flexibility index (Phi) is 6.18. The number of benzene rings is 2. The Labute approximate surface area is 168 Å². The van der Waals surface area contributed by atoms with Crippen LogP contribution in [0.3, 0.4) is 0 Å². The summed E-state index contributed by atoms with van der Waals surface area (Å²) in [6, 6.07) is 9.61. The van der Waals surface area contributed by atoms with E-state index in [2.05, 4.69) is 0 Å². The molecule has 29 heavy (non-hydrogen) atoms.